The molecular weight excluding hydrogens is 253 g/mol. The molecule has 0 aliphatic heterocycles. The number of nitrogens with two attached hydrogens (primary N) is 1. The van der Waals surface area contributed by atoms with Crippen molar-refractivity contribution >= 4 is 11.7 Å². The Balaban J connectivity index is 0. The summed E-state index contributed by atoms with van der Waals surface area (Å²) in [4.78, 5) is 10.7. The fraction of sp³-hybridized carbons (Fsp3) is 0.0714. The number of nitrogen functional groups attached to an aromatic ring is 1. The predicted octanol–water partition coefficient (Wildman–Crippen LogP) is -1.15. The van der Waals surface area contributed by atoms with Gasteiger partial charge in [0.05, 0.1) is 6.42 Å². The van der Waals surface area contributed by atoms with Crippen LogP contribution in [0.1, 0.15) is 6.99 Å². The Labute approximate surface area is 135 Å². The molecule has 0 radical (unpaired) electrons. The van der Waals surface area contributed by atoms with Crippen LogP contribution < -0.4 is 35.3 Å². The van der Waals surface area contributed by atoms with E-state index in [0.717, 1.165) is 11.1 Å². The summed E-state index contributed by atoms with van der Waals surface area (Å²) >= 11 is 0. The maximum atomic E-state index is 10.7. The molecule has 4 nitrogen and oxygen atoms in total. The molecule has 0 amide bonds. The molecule has 5 N–H and O–H groups in total. The van der Waals surface area contributed by atoms with Gasteiger partial charge >= 0.3 is 35.5 Å². The molecule has 0 unspecified atom stereocenters. The molecule has 0 saturated carbocycles. The van der Waals surface area contributed by atoms with Crippen molar-refractivity contribution in [1.29, 1.82) is 0 Å². The third-order valence-electron chi connectivity index (χ3n) is 2.62. The SMILES string of the molecule is Nc1c(CC(=O)O)cccc1-c1ccccc1.O.[H-].[Na+]. The Morgan fingerprint density at radius 3 is 2.32 bits per heavy atom. The number of hydrogen-bond donors (Lipinski definition) is 2. The monoisotopic (exact) mass is 269 g/mol. The number of rotatable bonds is 3. The summed E-state index contributed by atoms with van der Waals surface area (Å²) in [7, 11) is 0. The van der Waals surface area contributed by atoms with E-state index in [0.29, 0.717) is 11.3 Å². The van der Waals surface area contributed by atoms with Crippen LogP contribution in [0.3, 0.4) is 0 Å². The summed E-state index contributed by atoms with van der Waals surface area (Å²) in [6.45, 7) is 0. The predicted molar refractivity (Wildman–Crippen MR) is 72.4 cm³/mol. The first kappa shape index (κ1) is 17.7. The Hall–Kier alpha value is -1.33. The van der Waals surface area contributed by atoms with Gasteiger partial charge in [-0.3, -0.25) is 4.79 Å². The molecule has 0 aliphatic carbocycles. The first-order valence-electron chi connectivity index (χ1n) is 5.33. The number of hydrogen-bond acceptors (Lipinski definition) is 2. The molecule has 0 saturated heterocycles. The third-order valence-corrected chi connectivity index (χ3v) is 2.62. The summed E-state index contributed by atoms with van der Waals surface area (Å²) in [5.74, 6) is -0.873. The Bertz CT molecular complexity index is 549. The van der Waals surface area contributed by atoms with Crippen LogP contribution in [-0.2, 0) is 11.2 Å². The smallest absolute Gasteiger partial charge is 1.00 e. The summed E-state index contributed by atoms with van der Waals surface area (Å²) in [5.41, 5.74) is 9.07. The van der Waals surface area contributed by atoms with Crippen LogP contribution in [0.5, 0.6) is 0 Å². The van der Waals surface area contributed by atoms with Crippen LogP contribution in [0.15, 0.2) is 48.5 Å². The van der Waals surface area contributed by atoms with Gasteiger partial charge in [-0.1, -0.05) is 48.5 Å². The minimum atomic E-state index is -0.873. The molecule has 5 heteroatoms. The number of anilines is 1. The maximum absolute atomic E-state index is 10.7. The van der Waals surface area contributed by atoms with E-state index in [1.54, 1.807) is 6.07 Å². The maximum Gasteiger partial charge on any atom is 1.00 e. The molecule has 0 bridgehead atoms. The van der Waals surface area contributed by atoms with Crippen molar-refractivity contribution in [1.82, 2.24) is 0 Å². The van der Waals surface area contributed by atoms with Crippen molar-refractivity contribution in [2.24, 2.45) is 0 Å². The molecule has 0 spiro atoms. The Morgan fingerprint density at radius 2 is 1.74 bits per heavy atom. The fourth-order valence-electron chi connectivity index (χ4n) is 1.80. The van der Waals surface area contributed by atoms with E-state index in [2.05, 4.69) is 0 Å². The normalized spacial score (nSPS) is 9.05. The van der Waals surface area contributed by atoms with Gasteiger partial charge in [-0.2, -0.15) is 0 Å². The van der Waals surface area contributed by atoms with Crippen LogP contribution in [0.25, 0.3) is 11.1 Å². The van der Waals surface area contributed by atoms with E-state index in [1.165, 1.54) is 0 Å². The molecule has 2 aromatic carbocycles. The van der Waals surface area contributed by atoms with Crippen LogP contribution in [-0.4, -0.2) is 16.6 Å². The molecule has 0 aromatic heterocycles. The van der Waals surface area contributed by atoms with Crippen LogP contribution >= 0.6 is 0 Å². The van der Waals surface area contributed by atoms with E-state index in [1.807, 2.05) is 42.5 Å². The average molecular weight is 269 g/mol. The van der Waals surface area contributed by atoms with E-state index in [9.17, 15) is 4.79 Å². The van der Waals surface area contributed by atoms with E-state index >= 15 is 0 Å². The van der Waals surface area contributed by atoms with Gasteiger partial charge in [-0.25, -0.2) is 0 Å². The number of benzene rings is 2. The average Bonchev–Trinajstić information content (AvgIpc) is 2.32. The second kappa shape index (κ2) is 7.96. The standard InChI is InChI=1S/C14H13NO2.Na.H2O.H/c15-14-11(9-13(16)17)7-4-8-12(14)10-5-2-1-3-6-10;;;/h1-8H,9,15H2,(H,16,17);;1H2;/q;+1;;-1. The van der Waals surface area contributed by atoms with Gasteiger partial charge in [-0.05, 0) is 11.1 Å². The molecule has 0 aliphatic rings. The molecule has 96 valence electrons. The summed E-state index contributed by atoms with van der Waals surface area (Å²) in [6, 6.07) is 15.2. The zero-order chi connectivity index (χ0) is 12.3. The first-order valence-corrected chi connectivity index (χ1v) is 5.33. The van der Waals surface area contributed by atoms with Gasteiger partial charge in [-0.15, -0.1) is 0 Å². The van der Waals surface area contributed by atoms with E-state index in [-0.39, 0.29) is 42.9 Å². The van der Waals surface area contributed by atoms with E-state index in [4.69, 9.17) is 10.8 Å². The van der Waals surface area contributed by atoms with Crippen molar-refractivity contribution < 1.29 is 46.4 Å². The number of aliphatic carboxylic acids is 1. The third kappa shape index (κ3) is 4.36. The Kier molecular flexibility index (Phi) is 7.41. The second-order valence-electron chi connectivity index (χ2n) is 3.81. The summed E-state index contributed by atoms with van der Waals surface area (Å²) in [5, 5.41) is 8.80. The van der Waals surface area contributed by atoms with Gasteiger partial charge < -0.3 is 17.7 Å². The van der Waals surface area contributed by atoms with Gasteiger partial charge in [0.1, 0.15) is 0 Å². The zero-order valence-electron chi connectivity index (χ0n) is 11.8. The van der Waals surface area contributed by atoms with Crippen molar-refractivity contribution in [3.05, 3.63) is 54.1 Å². The first-order chi connectivity index (χ1) is 8.18. The van der Waals surface area contributed by atoms with Gasteiger partial charge in [0.15, 0.2) is 0 Å². The summed E-state index contributed by atoms with van der Waals surface area (Å²) in [6.07, 6.45) is -0.0491. The molecule has 2 aromatic rings. The van der Waals surface area contributed by atoms with Crippen LogP contribution in [0.2, 0.25) is 0 Å². The largest absolute Gasteiger partial charge is 1.00 e. The van der Waals surface area contributed by atoms with Crippen molar-refractivity contribution in [3.8, 4) is 11.1 Å². The molecule has 0 atom stereocenters. The molecule has 0 heterocycles. The Morgan fingerprint density at radius 1 is 1.11 bits per heavy atom. The van der Waals surface area contributed by atoms with E-state index < -0.39 is 5.97 Å². The molecular formula is C14H16NNaO3. The van der Waals surface area contributed by atoms with Crippen molar-refractivity contribution in [2.45, 2.75) is 6.42 Å². The number of carboxylic acids is 1. The van der Waals surface area contributed by atoms with Crippen LogP contribution in [0, 0.1) is 0 Å². The zero-order valence-corrected chi connectivity index (χ0v) is 12.8. The molecule has 2 rings (SSSR count). The number of carboxylic acid groups (broad SMARTS) is 1. The number of carbonyl (C=O) groups is 1. The quantitative estimate of drug-likeness (QED) is 0.544. The molecule has 19 heavy (non-hydrogen) atoms. The fourth-order valence-corrected chi connectivity index (χ4v) is 1.80. The molecule has 0 fully saturated rings. The summed E-state index contributed by atoms with van der Waals surface area (Å²) < 4.78 is 0. The van der Waals surface area contributed by atoms with Crippen molar-refractivity contribution in [2.75, 3.05) is 5.73 Å². The van der Waals surface area contributed by atoms with Crippen LogP contribution in [0.4, 0.5) is 5.69 Å². The minimum Gasteiger partial charge on any atom is -1.00 e. The minimum absolute atomic E-state index is 0. The van der Waals surface area contributed by atoms with Crippen molar-refractivity contribution in [3.63, 3.8) is 0 Å². The topological polar surface area (TPSA) is 94.8 Å². The van der Waals surface area contributed by atoms with Gasteiger partial charge in [0.25, 0.3) is 0 Å². The van der Waals surface area contributed by atoms with Gasteiger partial charge in [0.2, 0.25) is 0 Å². The number of para-hydroxylation sites is 1. The second-order valence-corrected chi connectivity index (χ2v) is 3.81. The van der Waals surface area contributed by atoms with Gasteiger partial charge in [0, 0.05) is 11.3 Å².